The maximum atomic E-state index is 12.8. The number of likely N-dealkylation sites (tertiary alicyclic amines) is 1. The SMILES string of the molecule is CNc1cccc(C(=O)N2CCC[C@@]2(COC)CC(N)=O)n1. The van der Waals surface area contributed by atoms with Gasteiger partial charge in [-0.2, -0.15) is 0 Å². The quantitative estimate of drug-likeness (QED) is 0.803. The number of aromatic nitrogens is 1. The molecule has 1 atom stereocenters. The van der Waals surface area contributed by atoms with Gasteiger partial charge in [-0.3, -0.25) is 9.59 Å². The molecule has 0 spiro atoms. The number of primary amides is 1. The molecule has 1 aromatic rings. The van der Waals surface area contributed by atoms with Crippen LogP contribution in [-0.4, -0.2) is 54.5 Å². The van der Waals surface area contributed by atoms with E-state index in [1.807, 2.05) is 0 Å². The van der Waals surface area contributed by atoms with Crippen molar-refractivity contribution in [2.45, 2.75) is 24.8 Å². The molecule has 1 aliphatic rings. The molecule has 0 radical (unpaired) electrons. The number of nitrogens with one attached hydrogen (secondary N) is 1. The maximum Gasteiger partial charge on any atom is 0.273 e. The molecule has 7 nitrogen and oxygen atoms in total. The smallest absolute Gasteiger partial charge is 0.273 e. The Morgan fingerprint density at radius 2 is 2.27 bits per heavy atom. The van der Waals surface area contributed by atoms with E-state index in [4.69, 9.17) is 10.5 Å². The number of amides is 2. The summed E-state index contributed by atoms with van der Waals surface area (Å²) in [6.07, 6.45) is 1.60. The Labute approximate surface area is 129 Å². The van der Waals surface area contributed by atoms with E-state index in [0.29, 0.717) is 24.5 Å². The van der Waals surface area contributed by atoms with E-state index in [-0.39, 0.29) is 18.9 Å². The number of carbonyl (C=O) groups excluding carboxylic acids is 2. The Morgan fingerprint density at radius 3 is 2.91 bits per heavy atom. The van der Waals surface area contributed by atoms with E-state index in [9.17, 15) is 9.59 Å². The Hall–Kier alpha value is -2.15. The van der Waals surface area contributed by atoms with Crippen LogP contribution in [0.4, 0.5) is 5.82 Å². The van der Waals surface area contributed by atoms with Gasteiger partial charge < -0.3 is 20.7 Å². The van der Waals surface area contributed by atoms with Gasteiger partial charge >= 0.3 is 0 Å². The topological polar surface area (TPSA) is 97.5 Å². The van der Waals surface area contributed by atoms with Crippen molar-refractivity contribution in [2.75, 3.05) is 32.6 Å². The highest BCUT2D eigenvalue weighted by atomic mass is 16.5. The van der Waals surface area contributed by atoms with Gasteiger partial charge in [0.1, 0.15) is 11.5 Å². The molecule has 1 saturated heterocycles. The first kappa shape index (κ1) is 16.2. The first-order chi connectivity index (χ1) is 10.5. The molecule has 0 saturated carbocycles. The van der Waals surface area contributed by atoms with Gasteiger partial charge in [0.25, 0.3) is 5.91 Å². The number of nitrogens with two attached hydrogens (primary N) is 1. The van der Waals surface area contributed by atoms with Crippen LogP contribution < -0.4 is 11.1 Å². The molecule has 2 rings (SSSR count). The summed E-state index contributed by atoms with van der Waals surface area (Å²) in [7, 11) is 3.30. The van der Waals surface area contributed by atoms with E-state index in [2.05, 4.69) is 10.3 Å². The van der Waals surface area contributed by atoms with Gasteiger partial charge in [0, 0.05) is 20.7 Å². The number of hydrogen-bond acceptors (Lipinski definition) is 5. The van der Waals surface area contributed by atoms with Crippen LogP contribution in [0.25, 0.3) is 0 Å². The van der Waals surface area contributed by atoms with E-state index >= 15 is 0 Å². The largest absolute Gasteiger partial charge is 0.382 e. The molecule has 2 heterocycles. The second kappa shape index (κ2) is 6.74. The van der Waals surface area contributed by atoms with Crippen LogP contribution in [0.2, 0.25) is 0 Å². The maximum absolute atomic E-state index is 12.8. The minimum atomic E-state index is -0.672. The van der Waals surface area contributed by atoms with E-state index < -0.39 is 11.4 Å². The number of ether oxygens (including phenoxy) is 1. The molecule has 0 aromatic carbocycles. The fourth-order valence-electron chi connectivity index (χ4n) is 3.06. The molecule has 1 fully saturated rings. The standard InChI is InChI=1S/C15H22N4O3/c1-17-13-6-3-5-11(18-13)14(21)19-8-4-7-15(19,10-22-2)9-12(16)20/h3,5-6H,4,7-10H2,1-2H3,(H2,16,20)(H,17,18)/t15-/m0/s1. The third-order valence-corrected chi connectivity index (χ3v) is 3.98. The summed E-state index contributed by atoms with van der Waals surface area (Å²) in [5, 5.41) is 2.91. The summed E-state index contributed by atoms with van der Waals surface area (Å²) in [6.45, 7) is 0.855. The fraction of sp³-hybridized carbons (Fsp3) is 0.533. The molecule has 3 N–H and O–H groups in total. The van der Waals surface area contributed by atoms with Crippen LogP contribution >= 0.6 is 0 Å². The molecule has 0 unspecified atom stereocenters. The molecule has 22 heavy (non-hydrogen) atoms. The van der Waals surface area contributed by atoms with Crippen LogP contribution in [0.3, 0.4) is 0 Å². The molecule has 1 aromatic heterocycles. The lowest BCUT2D eigenvalue weighted by Crippen LogP contribution is -2.52. The van der Waals surface area contributed by atoms with Gasteiger partial charge in [-0.05, 0) is 25.0 Å². The summed E-state index contributed by atoms with van der Waals surface area (Å²) < 4.78 is 5.26. The molecule has 1 aliphatic heterocycles. The van der Waals surface area contributed by atoms with Crippen molar-refractivity contribution in [3.63, 3.8) is 0 Å². The normalized spacial score (nSPS) is 20.9. The first-order valence-electron chi connectivity index (χ1n) is 7.26. The monoisotopic (exact) mass is 306 g/mol. The highest BCUT2D eigenvalue weighted by Gasteiger charge is 2.45. The molecule has 7 heteroatoms. The van der Waals surface area contributed by atoms with Crippen LogP contribution in [0, 0.1) is 0 Å². The third kappa shape index (κ3) is 3.19. The lowest BCUT2D eigenvalue weighted by atomic mass is 9.92. The van der Waals surface area contributed by atoms with E-state index in [1.165, 1.54) is 0 Å². The van der Waals surface area contributed by atoms with Crippen LogP contribution in [-0.2, 0) is 9.53 Å². The zero-order chi connectivity index (χ0) is 16.2. The van der Waals surface area contributed by atoms with Gasteiger partial charge in [0.05, 0.1) is 18.6 Å². The second-order valence-electron chi connectivity index (χ2n) is 5.52. The van der Waals surface area contributed by atoms with Gasteiger partial charge in [0.15, 0.2) is 0 Å². The van der Waals surface area contributed by atoms with Crippen LogP contribution in [0.15, 0.2) is 18.2 Å². The molecule has 0 aliphatic carbocycles. The summed E-state index contributed by atoms with van der Waals surface area (Å²) in [5.41, 5.74) is 5.05. The lowest BCUT2D eigenvalue weighted by Gasteiger charge is -2.37. The zero-order valence-electron chi connectivity index (χ0n) is 13.0. The van der Waals surface area contributed by atoms with Gasteiger partial charge in [-0.1, -0.05) is 6.07 Å². The number of hydrogen-bond donors (Lipinski definition) is 2. The summed E-state index contributed by atoms with van der Waals surface area (Å²) >= 11 is 0. The first-order valence-corrected chi connectivity index (χ1v) is 7.26. The van der Waals surface area contributed by atoms with Crippen molar-refractivity contribution in [1.82, 2.24) is 9.88 Å². The summed E-state index contributed by atoms with van der Waals surface area (Å²) in [6, 6.07) is 5.23. The minimum Gasteiger partial charge on any atom is -0.382 e. The Kier molecular flexibility index (Phi) is 4.97. The van der Waals surface area contributed by atoms with Gasteiger partial charge in [-0.15, -0.1) is 0 Å². The predicted molar refractivity (Wildman–Crippen MR) is 82.5 cm³/mol. The average molecular weight is 306 g/mol. The second-order valence-corrected chi connectivity index (χ2v) is 5.52. The summed E-state index contributed by atoms with van der Waals surface area (Å²) in [5.74, 6) is -0.0149. The number of nitrogens with zero attached hydrogens (tertiary/aromatic N) is 2. The highest BCUT2D eigenvalue weighted by molar-refractivity contribution is 5.94. The number of rotatable bonds is 6. The van der Waals surface area contributed by atoms with E-state index in [1.54, 1.807) is 37.3 Å². The minimum absolute atomic E-state index is 0.0955. The number of anilines is 1. The number of pyridine rings is 1. The Bertz CT molecular complexity index is 563. The number of carbonyl (C=O) groups is 2. The molecule has 2 amide bonds. The Morgan fingerprint density at radius 1 is 1.50 bits per heavy atom. The highest BCUT2D eigenvalue weighted by Crippen LogP contribution is 2.34. The Balaban J connectivity index is 2.30. The van der Waals surface area contributed by atoms with Crippen molar-refractivity contribution in [2.24, 2.45) is 5.73 Å². The fourth-order valence-corrected chi connectivity index (χ4v) is 3.06. The van der Waals surface area contributed by atoms with Crippen molar-refractivity contribution in [1.29, 1.82) is 0 Å². The summed E-state index contributed by atoms with van der Waals surface area (Å²) in [4.78, 5) is 30.2. The van der Waals surface area contributed by atoms with Crippen molar-refractivity contribution in [3.8, 4) is 0 Å². The van der Waals surface area contributed by atoms with Crippen molar-refractivity contribution < 1.29 is 14.3 Å². The lowest BCUT2D eigenvalue weighted by molar-refractivity contribution is -0.121. The average Bonchev–Trinajstić information content (AvgIpc) is 2.89. The van der Waals surface area contributed by atoms with Gasteiger partial charge in [-0.25, -0.2) is 4.98 Å². The third-order valence-electron chi connectivity index (χ3n) is 3.98. The zero-order valence-corrected chi connectivity index (χ0v) is 13.0. The van der Waals surface area contributed by atoms with Crippen molar-refractivity contribution in [3.05, 3.63) is 23.9 Å². The molecular weight excluding hydrogens is 284 g/mol. The van der Waals surface area contributed by atoms with E-state index in [0.717, 1.165) is 6.42 Å². The number of methoxy groups -OCH3 is 1. The van der Waals surface area contributed by atoms with Crippen LogP contribution in [0.1, 0.15) is 29.8 Å². The van der Waals surface area contributed by atoms with Crippen molar-refractivity contribution >= 4 is 17.6 Å². The van der Waals surface area contributed by atoms with Crippen LogP contribution in [0.5, 0.6) is 0 Å². The molecule has 120 valence electrons. The molecular formula is C15H22N4O3. The predicted octanol–water partition coefficient (Wildman–Crippen LogP) is 0.620. The van der Waals surface area contributed by atoms with Gasteiger partial charge in [0.2, 0.25) is 5.91 Å². The molecule has 0 bridgehead atoms.